The Morgan fingerprint density at radius 3 is 2.73 bits per heavy atom. The van der Waals surface area contributed by atoms with E-state index in [1.165, 1.54) is 75.9 Å². The van der Waals surface area contributed by atoms with Crippen LogP contribution in [0.3, 0.4) is 0 Å². The summed E-state index contributed by atoms with van der Waals surface area (Å²) in [6.45, 7) is 8.47. The number of pyridine rings is 1. The van der Waals surface area contributed by atoms with Crippen LogP contribution in [0.25, 0.3) is 10.9 Å². The first-order chi connectivity index (χ1) is 12.8. The molecule has 4 rings (SSSR count). The van der Waals surface area contributed by atoms with Gasteiger partial charge in [0.1, 0.15) is 0 Å². The molecule has 4 heteroatoms. The van der Waals surface area contributed by atoms with E-state index in [4.69, 9.17) is 0 Å². The Hall–Kier alpha value is -1.49. The van der Waals surface area contributed by atoms with Crippen molar-refractivity contribution in [3.8, 4) is 0 Å². The number of hydrogen-bond donors (Lipinski definition) is 0. The van der Waals surface area contributed by atoms with Gasteiger partial charge in [0.2, 0.25) is 0 Å². The molecule has 0 spiro atoms. The summed E-state index contributed by atoms with van der Waals surface area (Å²) in [5.41, 5.74) is 2.55. The van der Waals surface area contributed by atoms with Crippen molar-refractivity contribution < 1.29 is 0 Å². The quantitative estimate of drug-likeness (QED) is 0.824. The third kappa shape index (κ3) is 4.25. The molecule has 2 aliphatic rings. The maximum absolute atomic E-state index is 4.53. The van der Waals surface area contributed by atoms with E-state index in [1.54, 1.807) is 0 Å². The molecule has 4 nitrogen and oxygen atoms in total. The minimum absolute atomic E-state index is 0.732. The van der Waals surface area contributed by atoms with E-state index in [1.807, 2.05) is 6.20 Å². The molecule has 0 saturated carbocycles. The summed E-state index contributed by atoms with van der Waals surface area (Å²) in [6, 6.07) is 11.5. The van der Waals surface area contributed by atoms with Gasteiger partial charge in [0, 0.05) is 50.3 Å². The first-order valence-corrected chi connectivity index (χ1v) is 10.3. The van der Waals surface area contributed by atoms with E-state index in [-0.39, 0.29) is 0 Å². The normalized spacial score (nSPS) is 23.5. The fourth-order valence-corrected chi connectivity index (χ4v) is 4.51. The summed E-state index contributed by atoms with van der Waals surface area (Å²) in [6.07, 6.45) is 7.37. The highest BCUT2D eigenvalue weighted by atomic mass is 15.2. The Balaban J connectivity index is 1.40. The van der Waals surface area contributed by atoms with Gasteiger partial charge in [0.15, 0.2) is 0 Å². The molecule has 1 aromatic heterocycles. The number of piperazine rings is 1. The van der Waals surface area contributed by atoms with Gasteiger partial charge in [-0.3, -0.25) is 9.88 Å². The summed E-state index contributed by atoms with van der Waals surface area (Å²) in [4.78, 5) is 12.4. The summed E-state index contributed by atoms with van der Waals surface area (Å²) in [5, 5.41) is 1.32. The van der Waals surface area contributed by atoms with Crippen LogP contribution in [0.2, 0.25) is 0 Å². The van der Waals surface area contributed by atoms with Crippen LogP contribution in [0, 0.1) is 0 Å². The van der Waals surface area contributed by atoms with E-state index in [0.717, 1.165) is 18.1 Å². The second-order valence-electron chi connectivity index (χ2n) is 8.04. The molecule has 0 radical (unpaired) electrons. The van der Waals surface area contributed by atoms with Crippen molar-refractivity contribution in [2.45, 2.75) is 38.3 Å². The summed E-state index contributed by atoms with van der Waals surface area (Å²) >= 11 is 0. The van der Waals surface area contributed by atoms with Crippen LogP contribution in [0.4, 0.5) is 0 Å². The number of hydrogen-bond acceptors (Lipinski definition) is 4. The monoisotopic (exact) mass is 352 g/mol. The minimum Gasteiger partial charge on any atom is -0.304 e. The zero-order valence-corrected chi connectivity index (χ0v) is 16.1. The van der Waals surface area contributed by atoms with E-state index < -0.39 is 0 Å². The van der Waals surface area contributed by atoms with Crippen molar-refractivity contribution in [1.29, 1.82) is 0 Å². The molecular formula is C22H32N4. The number of likely N-dealkylation sites (N-methyl/N-ethyl adjacent to an activating group) is 1. The minimum atomic E-state index is 0.732. The number of benzene rings is 1. The number of fused-ring (bicyclic) bond motifs is 1. The Bertz CT molecular complexity index is 703. The highest BCUT2D eigenvalue weighted by molar-refractivity contribution is 5.81. The van der Waals surface area contributed by atoms with E-state index in [0.29, 0.717) is 0 Å². The predicted octanol–water partition coefficient (Wildman–Crippen LogP) is 3.23. The smallest absolute Gasteiger partial charge is 0.0705 e. The molecule has 0 unspecified atom stereocenters. The number of para-hydroxylation sites is 1. The molecule has 0 N–H and O–H groups in total. The molecule has 2 fully saturated rings. The van der Waals surface area contributed by atoms with Gasteiger partial charge >= 0.3 is 0 Å². The molecule has 0 bridgehead atoms. The van der Waals surface area contributed by atoms with Gasteiger partial charge in [0.25, 0.3) is 0 Å². The number of aromatic nitrogens is 1. The molecule has 0 aliphatic carbocycles. The van der Waals surface area contributed by atoms with Crippen LogP contribution >= 0.6 is 0 Å². The van der Waals surface area contributed by atoms with E-state index in [9.17, 15) is 0 Å². The van der Waals surface area contributed by atoms with Crippen molar-refractivity contribution in [3.05, 3.63) is 42.1 Å². The molecule has 1 atom stereocenters. The lowest BCUT2D eigenvalue weighted by Gasteiger charge is -2.38. The van der Waals surface area contributed by atoms with Gasteiger partial charge in [-0.25, -0.2) is 0 Å². The van der Waals surface area contributed by atoms with Crippen LogP contribution in [0.15, 0.2) is 36.5 Å². The number of nitrogens with zero attached hydrogens (tertiary/aromatic N) is 4. The Morgan fingerprint density at radius 2 is 1.85 bits per heavy atom. The molecule has 2 aromatic rings. The van der Waals surface area contributed by atoms with Crippen molar-refractivity contribution in [2.75, 3.05) is 46.3 Å². The second kappa shape index (κ2) is 8.47. The summed E-state index contributed by atoms with van der Waals surface area (Å²) in [5.74, 6) is 0. The Kier molecular flexibility index (Phi) is 5.83. The average molecular weight is 353 g/mol. The zero-order valence-electron chi connectivity index (χ0n) is 16.1. The van der Waals surface area contributed by atoms with Gasteiger partial charge in [-0.1, -0.05) is 24.6 Å². The van der Waals surface area contributed by atoms with Crippen LogP contribution in [0.1, 0.15) is 31.2 Å². The van der Waals surface area contributed by atoms with Gasteiger partial charge in [-0.2, -0.15) is 0 Å². The largest absolute Gasteiger partial charge is 0.304 e. The van der Waals surface area contributed by atoms with Crippen LogP contribution in [-0.2, 0) is 6.54 Å². The lowest BCUT2D eigenvalue weighted by molar-refractivity contribution is 0.102. The number of rotatable bonds is 5. The predicted molar refractivity (Wildman–Crippen MR) is 108 cm³/mol. The highest BCUT2D eigenvalue weighted by Crippen LogP contribution is 2.25. The average Bonchev–Trinajstić information content (AvgIpc) is 2.69. The fraction of sp³-hybridized carbons (Fsp3) is 0.591. The highest BCUT2D eigenvalue weighted by Gasteiger charge is 2.24. The summed E-state index contributed by atoms with van der Waals surface area (Å²) in [7, 11) is 2.24. The summed E-state index contributed by atoms with van der Waals surface area (Å²) < 4.78 is 0. The maximum Gasteiger partial charge on any atom is 0.0705 e. The lowest BCUT2D eigenvalue weighted by Crippen LogP contribution is -2.47. The lowest BCUT2D eigenvalue weighted by atomic mass is 9.97. The molecule has 3 heterocycles. The van der Waals surface area contributed by atoms with Crippen molar-refractivity contribution in [1.82, 2.24) is 19.7 Å². The van der Waals surface area contributed by atoms with E-state index in [2.05, 4.69) is 57.1 Å². The van der Waals surface area contributed by atoms with Crippen molar-refractivity contribution in [3.63, 3.8) is 0 Å². The Morgan fingerprint density at radius 1 is 1.00 bits per heavy atom. The first-order valence-electron chi connectivity index (χ1n) is 10.3. The molecule has 140 valence electrons. The molecular weight excluding hydrogens is 320 g/mol. The standard InChI is InChI=1S/C22H32N4/c1-24-14-16-25(17-15-24)13-10-20-6-4-5-12-26(20)18-19-9-11-23-22-8-3-2-7-21(19)22/h2-3,7-9,11,20H,4-6,10,12-18H2,1H3/t20-/m0/s1. The van der Waals surface area contributed by atoms with Gasteiger partial charge in [-0.05, 0) is 57.1 Å². The third-order valence-corrected chi connectivity index (χ3v) is 6.24. The topological polar surface area (TPSA) is 22.6 Å². The SMILES string of the molecule is CN1CCN(CC[C@@H]2CCCCN2Cc2ccnc3ccccc23)CC1. The van der Waals surface area contributed by atoms with Crippen LogP contribution in [-0.4, -0.2) is 72.0 Å². The number of likely N-dealkylation sites (tertiary alicyclic amines) is 1. The van der Waals surface area contributed by atoms with Gasteiger partial charge in [0.05, 0.1) is 5.52 Å². The second-order valence-corrected chi connectivity index (χ2v) is 8.04. The van der Waals surface area contributed by atoms with Crippen molar-refractivity contribution in [2.24, 2.45) is 0 Å². The molecule has 1 aromatic carbocycles. The molecule has 0 amide bonds. The molecule has 2 aliphatic heterocycles. The van der Waals surface area contributed by atoms with Gasteiger partial charge in [-0.15, -0.1) is 0 Å². The molecule has 2 saturated heterocycles. The van der Waals surface area contributed by atoms with Crippen molar-refractivity contribution >= 4 is 10.9 Å². The van der Waals surface area contributed by atoms with Crippen LogP contribution < -0.4 is 0 Å². The third-order valence-electron chi connectivity index (χ3n) is 6.24. The van der Waals surface area contributed by atoms with E-state index >= 15 is 0 Å². The number of piperidine rings is 1. The first kappa shape index (κ1) is 17.9. The van der Waals surface area contributed by atoms with Gasteiger partial charge < -0.3 is 9.80 Å². The zero-order chi connectivity index (χ0) is 17.8. The fourth-order valence-electron chi connectivity index (χ4n) is 4.51. The van der Waals surface area contributed by atoms with Crippen LogP contribution in [0.5, 0.6) is 0 Å². The molecule has 26 heavy (non-hydrogen) atoms. The maximum atomic E-state index is 4.53. The Labute approximate surface area is 157 Å².